The van der Waals surface area contributed by atoms with Crippen LogP contribution in [-0.4, -0.2) is 63.8 Å². The molecule has 0 aliphatic carbocycles. The molecule has 1 aromatic carbocycles. The number of terminal acetylenes is 1. The van der Waals surface area contributed by atoms with Gasteiger partial charge in [-0.15, -0.1) is 11.5 Å². The summed E-state index contributed by atoms with van der Waals surface area (Å²) in [6.07, 6.45) is 3.98. The molecular weight excluding hydrogens is 348 g/mol. The lowest BCUT2D eigenvalue weighted by Crippen LogP contribution is -2.52. The Morgan fingerprint density at radius 3 is 2.85 bits per heavy atom. The van der Waals surface area contributed by atoms with Crippen LogP contribution in [0.15, 0.2) is 18.3 Å². The highest BCUT2D eigenvalue weighted by atomic mass is 19.2. The van der Waals surface area contributed by atoms with Crippen LogP contribution >= 0.6 is 0 Å². The van der Waals surface area contributed by atoms with Crippen LogP contribution in [0.2, 0.25) is 0 Å². The predicted molar refractivity (Wildman–Crippen MR) is 86.0 cm³/mol. The second-order valence-corrected chi connectivity index (χ2v) is 5.83. The summed E-state index contributed by atoms with van der Waals surface area (Å²) >= 11 is 0. The number of methoxy groups -OCH3 is 1. The van der Waals surface area contributed by atoms with Gasteiger partial charge < -0.3 is 19.7 Å². The predicted octanol–water partition coefficient (Wildman–Crippen LogP) is 0.513. The summed E-state index contributed by atoms with van der Waals surface area (Å²) < 4.78 is 40.1. The molecule has 0 bridgehead atoms. The Morgan fingerprint density at radius 2 is 2.19 bits per heavy atom. The summed E-state index contributed by atoms with van der Waals surface area (Å²) in [5.74, 6) is -0.208. The van der Waals surface area contributed by atoms with Gasteiger partial charge in [-0.2, -0.15) is 0 Å². The fourth-order valence-electron chi connectivity index (χ4n) is 2.96. The molecule has 1 aliphatic heterocycles. The summed E-state index contributed by atoms with van der Waals surface area (Å²) in [7, 11) is 1.44. The number of hydrogen-bond acceptors (Lipinski definition) is 6. The standard InChI is InChI=1S/C17H17F2N3O4/c1-3-9-4-5-10(15(19)14(9)18)11-6-22(21-20-11)16-13(25-2)8-26-12(7-23)17(16)24/h1,4-6,12-13,16-17,23-24H,7-8H2,2H3. The van der Waals surface area contributed by atoms with Gasteiger partial charge in [0.05, 0.1) is 25.0 Å². The van der Waals surface area contributed by atoms with Crippen molar-refractivity contribution in [2.24, 2.45) is 0 Å². The van der Waals surface area contributed by atoms with Gasteiger partial charge in [-0.1, -0.05) is 11.1 Å². The van der Waals surface area contributed by atoms with Crippen LogP contribution < -0.4 is 0 Å². The first kappa shape index (κ1) is 18.4. The van der Waals surface area contributed by atoms with Gasteiger partial charge in [-0.3, -0.25) is 0 Å². The number of nitrogens with zero attached hydrogens (tertiary/aromatic N) is 3. The maximum Gasteiger partial charge on any atom is 0.175 e. The Balaban J connectivity index is 1.97. The minimum absolute atomic E-state index is 0.0686. The van der Waals surface area contributed by atoms with Crippen molar-refractivity contribution >= 4 is 0 Å². The van der Waals surface area contributed by atoms with Crippen molar-refractivity contribution in [3.05, 3.63) is 35.5 Å². The number of benzene rings is 1. The molecule has 1 aliphatic rings. The molecule has 0 radical (unpaired) electrons. The van der Waals surface area contributed by atoms with E-state index < -0.39 is 36.0 Å². The van der Waals surface area contributed by atoms with Crippen molar-refractivity contribution in [1.29, 1.82) is 0 Å². The lowest BCUT2D eigenvalue weighted by molar-refractivity contribution is -0.174. The van der Waals surface area contributed by atoms with Gasteiger partial charge in [0.15, 0.2) is 11.6 Å². The molecule has 0 saturated carbocycles. The topological polar surface area (TPSA) is 89.6 Å². The first-order valence-electron chi connectivity index (χ1n) is 7.82. The van der Waals surface area contributed by atoms with E-state index in [0.717, 1.165) is 0 Å². The molecule has 0 spiro atoms. The second kappa shape index (κ2) is 7.47. The van der Waals surface area contributed by atoms with Crippen LogP contribution in [0.25, 0.3) is 11.3 Å². The van der Waals surface area contributed by atoms with E-state index in [4.69, 9.17) is 15.9 Å². The molecule has 9 heteroatoms. The summed E-state index contributed by atoms with van der Waals surface area (Å²) in [6.45, 7) is -0.262. The zero-order valence-electron chi connectivity index (χ0n) is 13.8. The highest BCUT2D eigenvalue weighted by molar-refractivity contribution is 5.60. The third-order valence-corrected chi connectivity index (χ3v) is 4.40. The van der Waals surface area contributed by atoms with E-state index in [0.29, 0.717) is 0 Å². The van der Waals surface area contributed by atoms with Gasteiger partial charge in [0.2, 0.25) is 0 Å². The molecule has 2 heterocycles. The number of halogens is 2. The van der Waals surface area contributed by atoms with Crippen LogP contribution in [0.3, 0.4) is 0 Å². The number of aromatic nitrogens is 3. The van der Waals surface area contributed by atoms with Crippen molar-refractivity contribution in [3.8, 4) is 23.6 Å². The van der Waals surface area contributed by atoms with Crippen molar-refractivity contribution in [2.45, 2.75) is 24.4 Å². The summed E-state index contributed by atoms with van der Waals surface area (Å²) in [6, 6.07) is 1.87. The molecule has 7 nitrogen and oxygen atoms in total. The minimum atomic E-state index is -1.14. The lowest BCUT2D eigenvalue weighted by Gasteiger charge is -2.38. The van der Waals surface area contributed by atoms with Gasteiger partial charge in [0, 0.05) is 12.7 Å². The van der Waals surface area contributed by atoms with Crippen molar-refractivity contribution in [3.63, 3.8) is 0 Å². The molecule has 2 N–H and O–H groups in total. The van der Waals surface area contributed by atoms with Crippen LogP contribution in [0.1, 0.15) is 11.6 Å². The normalized spacial score (nSPS) is 25.8. The Morgan fingerprint density at radius 1 is 1.42 bits per heavy atom. The van der Waals surface area contributed by atoms with E-state index in [1.54, 1.807) is 0 Å². The number of aliphatic hydroxyl groups excluding tert-OH is 2. The quantitative estimate of drug-likeness (QED) is 0.768. The average molecular weight is 365 g/mol. The molecule has 26 heavy (non-hydrogen) atoms. The highest BCUT2D eigenvalue weighted by Crippen LogP contribution is 2.30. The van der Waals surface area contributed by atoms with Crippen molar-refractivity contribution in [2.75, 3.05) is 20.3 Å². The van der Waals surface area contributed by atoms with E-state index >= 15 is 0 Å². The number of rotatable bonds is 4. The smallest absolute Gasteiger partial charge is 0.175 e. The fraction of sp³-hybridized carbons (Fsp3) is 0.412. The van der Waals surface area contributed by atoms with Gasteiger partial charge in [0.1, 0.15) is 30.0 Å². The monoisotopic (exact) mass is 365 g/mol. The molecule has 1 saturated heterocycles. The summed E-state index contributed by atoms with van der Waals surface area (Å²) in [4.78, 5) is 0. The van der Waals surface area contributed by atoms with Crippen molar-refractivity contribution in [1.82, 2.24) is 15.0 Å². The van der Waals surface area contributed by atoms with Crippen LogP contribution in [0, 0.1) is 24.0 Å². The first-order valence-corrected chi connectivity index (χ1v) is 7.82. The number of hydrogen-bond donors (Lipinski definition) is 2. The van der Waals surface area contributed by atoms with Crippen LogP contribution in [0.4, 0.5) is 8.78 Å². The third kappa shape index (κ3) is 3.08. The minimum Gasteiger partial charge on any atom is -0.394 e. The molecule has 0 amide bonds. The SMILES string of the molecule is C#Cc1ccc(-c2cn(C3C(OC)COC(CO)C3O)nn2)c(F)c1F. The van der Waals surface area contributed by atoms with E-state index in [2.05, 4.69) is 16.2 Å². The van der Waals surface area contributed by atoms with Crippen LogP contribution in [-0.2, 0) is 9.47 Å². The molecule has 2 aromatic rings. The number of aliphatic hydroxyl groups is 2. The molecule has 3 rings (SSSR count). The van der Waals surface area contributed by atoms with Crippen molar-refractivity contribution < 1.29 is 28.5 Å². The van der Waals surface area contributed by atoms with Gasteiger partial charge in [0.25, 0.3) is 0 Å². The Bertz CT molecular complexity index is 836. The largest absolute Gasteiger partial charge is 0.394 e. The first-order chi connectivity index (χ1) is 12.5. The molecule has 138 valence electrons. The summed E-state index contributed by atoms with van der Waals surface area (Å²) in [5, 5.41) is 27.5. The number of ether oxygens (including phenoxy) is 2. The highest BCUT2D eigenvalue weighted by Gasteiger charge is 2.41. The average Bonchev–Trinajstić information content (AvgIpc) is 3.12. The van der Waals surface area contributed by atoms with E-state index in [1.807, 2.05) is 0 Å². The summed E-state index contributed by atoms with van der Waals surface area (Å²) in [5.41, 5.74) is -0.232. The van der Waals surface area contributed by atoms with E-state index in [1.165, 1.54) is 30.1 Å². The van der Waals surface area contributed by atoms with E-state index in [-0.39, 0.29) is 30.0 Å². The molecular formula is C17H17F2N3O4. The Kier molecular flexibility index (Phi) is 5.29. The van der Waals surface area contributed by atoms with Gasteiger partial charge >= 0.3 is 0 Å². The second-order valence-electron chi connectivity index (χ2n) is 5.83. The fourth-order valence-corrected chi connectivity index (χ4v) is 2.96. The third-order valence-electron chi connectivity index (χ3n) is 4.40. The van der Waals surface area contributed by atoms with Gasteiger partial charge in [-0.05, 0) is 12.1 Å². The molecule has 1 aromatic heterocycles. The van der Waals surface area contributed by atoms with E-state index in [9.17, 15) is 19.0 Å². The Hall–Kier alpha value is -2.38. The Labute approximate surface area is 148 Å². The molecule has 4 atom stereocenters. The lowest BCUT2D eigenvalue weighted by atomic mass is 9.97. The molecule has 4 unspecified atom stereocenters. The maximum atomic E-state index is 14.2. The molecule has 1 fully saturated rings. The maximum absolute atomic E-state index is 14.2. The zero-order valence-corrected chi connectivity index (χ0v) is 13.8. The van der Waals surface area contributed by atoms with Gasteiger partial charge in [-0.25, -0.2) is 13.5 Å². The zero-order chi connectivity index (χ0) is 18.8. The van der Waals surface area contributed by atoms with Crippen LogP contribution in [0.5, 0.6) is 0 Å².